The number of hydrogen-bond acceptors (Lipinski definition) is 5. The molecule has 1 rings (SSSR count). The van der Waals surface area contributed by atoms with Gasteiger partial charge >= 0.3 is 16.2 Å². The molecule has 0 bridgehead atoms. The van der Waals surface area contributed by atoms with Crippen LogP contribution < -0.4 is 9.46 Å². The molecule has 0 atom stereocenters. The molecule has 0 saturated heterocycles. The van der Waals surface area contributed by atoms with Gasteiger partial charge in [-0.3, -0.25) is 4.72 Å². The SMILES string of the molecule is CCOC(=O)COc1cccc(NS(=O)(=O)N(C)C)c1. The first-order chi connectivity index (χ1) is 9.35. The van der Waals surface area contributed by atoms with Crippen molar-refractivity contribution in [1.82, 2.24) is 4.31 Å². The zero-order valence-corrected chi connectivity index (χ0v) is 12.4. The van der Waals surface area contributed by atoms with Crippen molar-refractivity contribution in [2.45, 2.75) is 6.92 Å². The van der Waals surface area contributed by atoms with Crippen molar-refractivity contribution in [1.29, 1.82) is 0 Å². The van der Waals surface area contributed by atoms with E-state index in [0.29, 0.717) is 11.4 Å². The maximum Gasteiger partial charge on any atom is 0.344 e. The first-order valence-corrected chi connectivity index (χ1v) is 7.38. The van der Waals surface area contributed by atoms with Gasteiger partial charge in [-0.05, 0) is 19.1 Å². The van der Waals surface area contributed by atoms with E-state index in [0.717, 1.165) is 4.31 Å². The van der Waals surface area contributed by atoms with Crippen LogP contribution in [-0.2, 0) is 19.7 Å². The van der Waals surface area contributed by atoms with Crippen molar-refractivity contribution in [2.75, 3.05) is 32.0 Å². The second-order valence-corrected chi connectivity index (χ2v) is 5.90. The van der Waals surface area contributed by atoms with Crippen molar-refractivity contribution in [3.63, 3.8) is 0 Å². The molecule has 0 radical (unpaired) electrons. The average molecular weight is 302 g/mol. The van der Waals surface area contributed by atoms with Gasteiger partial charge in [0.25, 0.3) is 0 Å². The molecule has 0 aliphatic rings. The van der Waals surface area contributed by atoms with Crippen LogP contribution in [0.4, 0.5) is 5.69 Å². The molecule has 112 valence electrons. The van der Waals surface area contributed by atoms with Gasteiger partial charge in [-0.2, -0.15) is 12.7 Å². The smallest absolute Gasteiger partial charge is 0.344 e. The summed E-state index contributed by atoms with van der Waals surface area (Å²) in [6.45, 7) is 1.76. The van der Waals surface area contributed by atoms with Gasteiger partial charge in [-0.1, -0.05) is 6.07 Å². The van der Waals surface area contributed by atoms with Crippen molar-refractivity contribution in [3.05, 3.63) is 24.3 Å². The molecular formula is C12H18N2O5S. The minimum atomic E-state index is -3.57. The molecule has 0 spiro atoms. The van der Waals surface area contributed by atoms with E-state index in [1.54, 1.807) is 25.1 Å². The van der Waals surface area contributed by atoms with E-state index >= 15 is 0 Å². The van der Waals surface area contributed by atoms with Gasteiger partial charge in [0.1, 0.15) is 5.75 Å². The van der Waals surface area contributed by atoms with E-state index in [9.17, 15) is 13.2 Å². The van der Waals surface area contributed by atoms with Crippen molar-refractivity contribution in [2.24, 2.45) is 0 Å². The van der Waals surface area contributed by atoms with Crippen LogP contribution in [0.25, 0.3) is 0 Å². The summed E-state index contributed by atoms with van der Waals surface area (Å²) in [5.74, 6) is -0.108. The van der Waals surface area contributed by atoms with E-state index in [2.05, 4.69) is 4.72 Å². The largest absolute Gasteiger partial charge is 0.482 e. The molecule has 0 aliphatic heterocycles. The number of rotatable bonds is 7. The topological polar surface area (TPSA) is 84.9 Å². The molecule has 0 unspecified atom stereocenters. The van der Waals surface area contributed by atoms with Crippen LogP contribution >= 0.6 is 0 Å². The molecule has 1 aromatic rings. The second kappa shape index (κ2) is 7.11. The molecule has 8 heteroatoms. The Labute approximate surface area is 118 Å². The first-order valence-electron chi connectivity index (χ1n) is 5.94. The van der Waals surface area contributed by atoms with Crippen LogP contribution in [0.1, 0.15) is 6.92 Å². The standard InChI is InChI=1S/C12H18N2O5S/c1-4-18-12(15)9-19-11-7-5-6-10(8-11)13-20(16,17)14(2)3/h5-8,13H,4,9H2,1-3H3. The molecule has 7 nitrogen and oxygen atoms in total. The molecule has 0 amide bonds. The van der Waals surface area contributed by atoms with Crippen LogP contribution in [0.5, 0.6) is 5.75 Å². The molecule has 1 N–H and O–H groups in total. The number of ether oxygens (including phenoxy) is 2. The van der Waals surface area contributed by atoms with Crippen LogP contribution in [0, 0.1) is 0 Å². The zero-order chi connectivity index (χ0) is 15.2. The summed E-state index contributed by atoms with van der Waals surface area (Å²) < 4.78 is 36.7. The summed E-state index contributed by atoms with van der Waals surface area (Å²) in [4.78, 5) is 11.2. The molecule has 0 aromatic heterocycles. The number of carbonyl (C=O) groups is 1. The van der Waals surface area contributed by atoms with Crippen LogP contribution in [0.2, 0.25) is 0 Å². The molecule has 0 heterocycles. The lowest BCUT2D eigenvalue weighted by Crippen LogP contribution is -2.28. The maximum absolute atomic E-state index is 11.7. The fraction of sp³-hybridized carbons (Fsp3) is 0.417. The maximum atomic E-state index is 11.7. The second-order valence-electron chi connectivity index (χ2n) is 4.01. The van der Waals surface area contributed by atoms with Crippen molar-refractivity contribution >= 4 is 21.9 Å². The van der Waals surface area contributed by atoms with E-state index in [1.165, 1.54) is 20.2 Å². The lowest BCUT2D eigenvalue weighted by atomic mass is 10.3. The zero-order valence-electron chi connectivity index (χ0n) is 11.6. The van der Waals surface area contributed by atoms with E-state index < -0.39 is 16.2 Å². The molecular weight excluding hydrogens is 284 g/mol. The third-order valence-corrected chi connectivity index (χ3v) is 3.68. The van der Waals surface area contributed by atoms with Gasteiger partial charge in [0.05, 0.1) is 12.3 Å². The van der Waals surface area contributed by atoms with Crippen LogP contribution in [-0.4, -0.2) is 46.0 Å². The highest BCUT2D eigenvalue weighted by atomic mass is 32.2. The Hall–Kier alpha value is -1.80. The summed E-state index contributed by atoms with van der Waals surface area (Å²) in [7, 11) is -0.732. The van der Waals surface area contributed by atoms with Gasteiger partial charge in [-0.25, -0.2) is 4.79 Å². The number of nitrogens with one attached hydrogen (secondary N) is 1. The lowest BCUT2D eigenvalue weighted by Gasteiger charge is -2.14. The van der Waals surface area contributed by atoms with Crippen LogP contribution in [0.15, 0.2) is 24.3 Å². The molecule has 1 aromatic carbocycles. The summed E-state index contributed by atoms with van der Waals surface area (Å²) >= 11 is 0. The quantitative estimate of drug-likeness (QED) is 0.755. The van der Waals surface area contributed by atoms with E-state index in [1.807, 2.05) is 0 Å². The predicted octanol–water partition coefficient (Wildman–Crippen LogP) is 0.847. The number of hydrogen-bond donors (Lipinski definition) is 1. The Bertz CT molecular complexity index is 557. The van der Waals surface area contributed by atoms with E-state index in [4.69, 9.17) is 9.47 Å². The van der Waals surface area contributed by atoms with Gasteiger partial charge in [0, 0.05) is 20.2 Å². The highest BCUT2D eigenvalue weighted by Gasteiger charge is 2.13. The molecule has 0 aliphatic carbocycles. The van der Waals surface area contributed by atoms with Crippen molar-refractivity contribution in [3.8, 4) is 5.75 Å². The monoisotopic (exact) mass is 302 g/mol. The number of esters is 1. The Balaban J connectivity index is 2.69. The number of benzene rings is 1. The van der Waals surface area contributed by atoms with Crippen LogP contribution in [0.3, 0.4) is 0 Å². The van der Waals surface area contributed by atoms with Gasteiger partial charge < -0.3 is 9.47 Å². The predicted molar refractivity (Wildman–Crippen MR) is 74.8 cm³/mol. The third kappa shape index (κ3) is 5.06. The number of anilines is 1. The summed E-state index contributed by atoms with van der Waals surface area (Å²) in [6, 6.07) is 6.30. The average Bonchev–Trinajstić information content (AvgIpc) is 2.36. The molecule has 20 heavy (non-hydrogen) atoms. The van der Waals surface area contributed by atoms with Gasteiger partial charge in [0.2, 0.25) is 0 Å². The summed E-state index contributed by atoms with van der Waals surface area (Å²) in [5, 5.41) is 0. The summed E-state index contributed by atoms with van der Waals surface area (Å²) in [5.41, 5.74) is 0.347. The fourth-order valence-corrected chi connectivity index (χ4v) is 1.84. The Kier molecular flexibility index (Phi) is 5.78. The molecule has 0 fully saturated rings. The highest BCUT2D eigenvalue weighted by molar-refractivity contribution is 7.90. The highest BCUT2D eigenvalue weighted by Crippen LogP contribution is 2.18. The first kappa shape index (κ1) is 16.3. The number of nitrogens with zero attached hydrogens (tertiary/aromatic N) is 1. The normalized spacial score (nSPS) is 11.2. The number of carbonyl (C=O) groups excluding carboxylic acids is 1. The van der Waals surface area contributed by atoms with Crippen molar-refractivity contribution < 1.29 is 22.7 Å². The minimum Gasteiger partial charge on any atom is -0.482 e. The fourth-order valence-electron chi connectivity index (χ4n) is 1.23. The van der Waals surface area contributed by atoms with E-state index in [-0.39, 0.29) is 13.2 Å². The van der Waals surface area contributed by atoms with Gasteiger partial charge in [0.15, 0.2) is 6.61 Å². The Morgan fingerprint density at radius 3 is 2.65 bits per heavy atom. The lowest BCUT2D eigenvalue weighted by molar-refractivity contribution is -0.145. The molecule has 0 saturated carbocycles. The third-order valence-electron chi connectivity index (χ3n) is 2.22. The summed E-state index contributed by atoms with van der Waals surface area (Å²) in [6.07, 6.45) is 0. The Morgan fingerprint density at radius 2 is 2.05 bits per heavy atom. The van der Waals surface area contributed by atoms with Gasteiger partial charge in [-0.15, -0.1) is 0 Å². The minimum absolute atomic E-state index is 0.224. The Morgan fingerprint density at radius 1 is 1.35 bits per heavy atom.